The molecule has 7 nitrogen and oxygen atoms in total. The Morgan fingerprint density at radius 1 is 1.16 bits per heavy atom. The molecule has 0 aliphatic carbocycles. The van der Waals surface area contributed by atoms with Gasteiger partial charge in [-0.2, -0.15) is 0 Å². The van der Waals surface area contributed by atoms with Crippen LogP contribution in [0.2, 0.25) is 5.02 Å². The van der Waals surface area contributed by atoms with Gasteiger partial charge in [0.15, 0.2) is 0 Å². The summed E-state index contributed by atoms with van der Waals surface area (Å²) in [6.45, 7) is 6.42. The first-order valence-electron chi connectivity index (χ1n) is 10.4. The van der Waals surface area contributed by atoms with Gasteiger partial charge in [-0.05, 0) is 42.2 Å². The maximum atomic E-state index is 12.9. The molecule has 2 rings (SSSR count). The molecule has 32 heavy (non-hydrogen) atoms. The van der Waals surface area contributed by atoms with Crippen LogP contribution >= 0.6 is 11.6 Å². The van der Waals surface area contributed by atoms with Gasteiger partial charge in [0.05, 0.1) is 30.6 Å². The van der Waals surface area contributed by atoms with E-state index in [2.05, 4.69) is 19.2 Å². The van der Waals surface area contributed by atoms with Crippen LogP contribution in [0.5, 0.6) is 11.5 Å². The highest BCUT2D eigenvalue weighted by atomic mass is 35.5. The summed E-state index contributed by atoms with van der Waals surface area (Å²) in [4.78, 5) is 12.9. The van der Waals surface area contributed by atoms with Crippen LogP contribution in [0.1, 0.15) is 38.7 Å². The van der Waals surface area contributed by atoms with Gasteiger partial charge in [0, 0.05) is 0 Å². The van der Waals surface area contributed by atoms with Crippen LogP contribution in [0.25, 0.3) is 0 Å². The highest BCUT2D eigenvalue weighted by Gasteiger charge is 2.31. The number of hydrogen-bond donors (Lipinski definition) is 1. The van der Waals surface area contributed by atoms with Gasteiger partial charge in [0.1, 0.15) is 24.1 Å². The second-order valence-corrected chi connectivity index (χ2v) is 9.90. The lowest BCUT2D eigenvalue weighted by Gasteiger charge is -2.30. The monoisotopic (exact) mass is 482 g/mol. The maximum absolute atomic E-state index is 12.9. The Kier molecular flexibility index (Phi) is 9.21. The molecule has 0 saturated heterocycles. The number of benzene rings is 2. The van der Waals surface area contributed by atoms with E-state index in [9.17, 15) is 13.2 Å². The normalized spacial score (nSPS) is 12.3. The molecule has 2 aromatic carbocycles. The van der Waals surface area contributed by atoms with Crippen molar-refractivity contribution in [1.82, 2.24) is 5.32 Å². The van der Waals surface area contributed by atoms with E-state index in [4.69, 9.17) is 21.1 Å². The number of anilines is 1. The van der Waals surface area contributed by atoms with Gasteiger partial charge < -0.3 is 14.8 Å². The van der Waals surface area contributed by atoms with E-state index in [0.29, 0.717) is 17.4 Å². The van der Waals surface area contributed by atoms with Crippen molar-refractivity contribution in [3.63, 3.8) is 0 Å². The first-order chi connectivity index (χ1) is 15.1. The Morgan fingerprint density at radius 3 is 2.41 bits per heavy atom. The molecule has 1 amide bonds. The summed E-state index contributed by atoms with van der Waals surface area (Å²) < 4.78 is 37.2. The maximum Gasteiger partial charge on any atom is 0.244 e. The van der Waals surface area contributed by atoms with Gasteiger partial charge in [-0.3, -0.25) is 9.10 Å². The number of sulfonamides is 1. The summed E-state index contributed by atoms with van der Waals surface area (Å²) in [7, 11) is -2.29. The van der Waals surface area contributed by atoms with E-state index in [1.807, 2.05) is 24.3 Å². The second kappa shape index (κ2) is 11.4. The Hall–Kier alpha value is -2.45. The fourth-order valence-corrected chi connectivity index (χ4v) is 4.85. The van der Waals surface area contributed by atoms with E-state index in [0.717, 1.165) is 21.9 Å². The minimum Gasteiger partial charge on any atom is -0.495 e. The highest BCUT2D eigenvalue weighted by Crippen LogP contribution is 2.32. The van der Waals surface area contributed by atoms with E-state index >= 15 is 0 Å². The Morgan fingerprint density at radius 2 is 1.84 bits per heavy atom. The fourth-order valence-electron chi connectivity index (χ4n) is 3.39. The molecular formula is C23H31ClN2O5S. The lowest BCUT2D eigenvalue weighted by molar-refractivity contribution is -0.122. The van der Waals surface area contributed by atoms with Gasteiger partial charge in [-0.15, -0.1) is 0 Å². The third-order valence-corrected chi connectivity index (χ3v) is 6.39. The number of nitrogens with one attached hydrogen (secondary N) is 1. The molecule has 0 fully saturated rings. The number of amides is 1. The number of methoxy groups -OCH3 is 1. The van der Waals surface area contributed by atoms with Crippen LogP contribution in [0, 0.1) is 0 Å². The molecule has 9 heteroatoms. The van der Waals surface area contributed by atoms with Crippen molar-refractivity contribution < 1.29 is 22.7 Å². The molecule has 0 aliphatic rings. The van der Waals surface area contributed by atoms with Crippen molar-refractivity contribution in [3.8, 4) is 11.5 Å². The number of carbonyl (C=O) groups excluding carboxylic acids is 1. The Bertz CT molecular complexity index is 1030. The summed E-state index contributed by atoms with van der Waals surface area (Å²) >= 11 is 6.18. The summed E-state index contributed by atoms with van der Waals surface area (Å²) in [5.74, 6) is 1.09. The van der Waals surface area contributed by atoms with Crippen LogP contribution in [-0.4, -0.2) is 46.9 Å². The minimum atomic E-state index is -3.76. The smallest absolute Gasteiger partial charge is 0.244 e. The quantitative estimate of drug-likeness (QED) is 0.485. The van der Waals surface area contributed by atoms with E-state index in [1.54, 1.807) is 19.1 Å². The standard InChI is InChI=1S/C23H31ClN2O5S/c1-6-20(26(32(5,28)29)17-11-12-22(30-4)19(24)15-17)23(27)25-13-14-31-21-10-8-7-9-18(21)16(2)3/h7-12,15-16,20H,6,13-14H2,1-5H3,(H,25,27). The van der Waals surface area contributed by atoms with Crippen molar-refractivity contribution in [2.24, 2.45) is 0 Å². The molecule has 0 radical (unpaired) electrons. The summed E-state index contributed by atoms with van der Waals surface area (Å²) in [6, 6.07) is 11.4. The molecule has 1 unspecified atom stereocenters. The van der Waals surface area contributed by atoms with E-state index < -0.39 is 22.0 Å². The summed E-state index contributed by atoms with van der Waals surface area (Å²) in [6.07, 6.45) is 1.34. The first kappa shape index (κ1) is 25.8. The van der Waals surface area contributed by atoms with Gasteiger partial charge >= 0.3 is 0 Å². The zero-order chi connectivity index (χ0) is 23.9. The minimum absolute atomic E-state index is 0.239. The molecule has 1 N–H and O–H groups in total. The van der Waals surface area contributed by atoms with Gasteiger partial charge in [0.25, 0.3) is 0 Å². The van der Waals surface area contributed by atoms with Crippen LogP contribution in [0.3, 0.4) is 0 Å². The average Bonchev–Trinajstić information content (AvgIpc) is 2.74. The van der Waals surface area contributed by atoms with E-state index in [-0.39, 0.29) is 24.6 Å². The zero-order valence-corrected chi connectivity index (χ0v) is 20.7. The van der Waals surface area contributed by atoms with E-state index in [1.165, 1.54) is 13.2 Å². The molecular weight excluding hydrogens is 452 g/mol. The van der Waals surface area contributed by atoms with Crippen molar-refractivity contribution in [1.29, 1.82) is 0 Å². The Labute approximate surface area is 195 Å². The third-order valence-electron chi connectivity index (χ3n) is 4.92. The van der Waals surface area contributed by atoms with Crippen LogP contribution in [0.15, 0.2) is 42.5 Å². The second-order valence-electron chi connectivity index (χ2n) is 7.63. The number of nitrogens with zero attached hydrogens (tertiary/aromatic N) is 1. The van der Waals surface area contributed by atoms with Gasteiger partial charge in [-0.1, -0.05) is 50.6 Å². The number of ether oxygens (including phenoxy) is 2. The van der Waals surface area contributed by atoms with Crippen LogP contribution in [0.4, 0.5) is 5.69 Å². The van der Waals surface area contributed by atoms with Crippen molar-refractivity contribution >= 4 is 33.2 Å². The molecule has 2 aromatic rings. The molecule has 0 aliphatic heterocycles. The predicted octanol–water partition coefficient (Wildman–Crippen LogP) is 4.21. The van der Waals surface area contributed by atoms with Crippen molar-refractivity contribution in [2.45, 2.75) is 39.2 Å². The SMILES string of the molecule is CCC(C(=O)NCCOc1ccccc1C(C)C)N(c1ccc(OC)c(Cl)c1)S(C)(=O)=O. The van der Waals surface area contributed by atoms with Crippen LogP contribution < -0.4 is 19.1 Å². The molecule has 0 aromatic heterocycles. The summed E-state index contributed by atoms with van der Waals surface area (Å²) in [5.41, 5.74) is 1.38. The van der Waals surface area contributed by atoms with Gasteiger partial charge in [0.2, 0.25) is 15.9 Å². The lowest BCUT2D eigenvalue weighted by Crippen LogP contribution is -2.50. The average molecular weight is 483 g/mol. The molecule has 0 saturated carbocycles. The third kappa shape index (κ3) is 6.53. The summed E-state index contributed by atoms with van der Waals surface area (Å²) in [5, 5.41) is 3.04. The van der Waals surface area contributed by atoms with Crippen molar-refractivity contribution in [3.05, 3.63) is 53.1 Å². The predicted molar refractivity (Wildman–Crippen MR) is 128 cm³/mol. The first-order valence-corrected chi connectivity index (χ1v) is 12.6. The number of hydrogen-bond acceptors (Lipinski definition) is 5. The molecule has 1 atom stereocenters. The topological polar surface area (TPSA) is 84.9 Å². The number of para-hydroxylation sites is 1. The lowest BCUT2D eigenvalue weighted by atomic mass is 10.0. The molecule has 0 heterocycles. The molecule has 0 bridgehead atoms. The zero-order valence-electron chi connectivity index (χ0n) is 19.1. The number of carbonyl (C=O) groups is 1. The van der Waals surface area contributed by atoms with Gasteiger partial charge in [-0.25, -0.2) is 8.42 Å². The van der Waals surface area contributed by atoms with Crippen molar-refractivity contribution in [2.75, 3.05) is 30.8 Å². The molecule has 0 spiro atoms. The number of rotatable bonds is 11. The molecule has 176 valence electrons. The Balaban J connectivity index is 2.11. The largest absolute Gasteiger partial charge is 0.495 e. The van der Waals surface area contributed by atoms with Crippen LogP contribution in [-0.2, 0) is 14.8 Å². The number of halogens is 1. The fraction of sp³-hybridized carbons (Fsp3) is 0.435. The highest BCUT2D eigenvalue weighted by molar-refractivity contribution is 7.92.